The number of allylic oxidation sites excluding steroid dienone is 1. The maximum Gasteiger partial charge on any atom is 0.221 e. The first-order valence-electron chi connectivity index (χ1n) is 8.06. The lowest BCUT2D eigenvalue weighted by Crippen LogP contribution is -2.17. The number of fused-ring (bicyclic) bond motifs is 1. The minimum atomic E-state index is -0.161. The van der Waals surface area contributed by atoms with Gasteiger partial charge in [0.05, 0.1) is 12.5 Å². The molecule has 0 aliphatic rings. The Labute approximate surface area is 146 Å². The van der Waals surface area contributed by atoms with Gasteiger partial charge in [0.15, 0.2) is 5.76 Å². The summed E-state index contributed by atoms with van der Waals surface area (Å²) in [6, 6.07) is 19.3. The Bertz CT molecular complexity index is 913. The highest BCUT2D eigenvalue weighted by Gasteiger charge is 2.09. The number of anilines is 1. The molecule has 1 heterocycles. The normalized spacial score (nSPS) is 10.9. The predicted octanol–water partition coefficient (Wildman–Crippen LogP) is 4.68. The highest BCUT2D eigenvalue weighted by atomic mass is 16.3. The van der Waals surface area contributed by atoms with Gasteiger partial charge in [-0.05, 0) is 35.9 Å². The van der Waals surface area contributed by atoms with E-state index >= 15 is 0 Å². The van der Waals surface area contributed by atoms with Crippen LogP contribution in [0.15, 0.2) is 65.1 Å². The molecule has 0 unspecified atom stereocenters. The molecule has 0 saturated heterocycles. The number of furan rings is 1. The molecule has 4 nitrogen and oxygen atoms in total. The lowest BCUT2D eigenvalue weighted by atomic mass is 10.1. The van der Waals surface area contributed by atoms with E-state index in [0.29, 0.717) is 24.3 Å². The Balaban J connectivity index is 1.69. The minimum absolute atomic E-state index is 0.161. The Hall–Kier alpha value is -3.32. The van der Waals surface area contributed by atoms with Crippen LogP contribution in [0.2, 0.25) is 0 Å². The second-order valence-electron chi connectivity index (χ2n) is 5.77. The average Bonchev–Trinajstić information content (AvgIpc) is 3.09. The van der Waals surface area contributed by atoms with E-state index < -0.39 is 0 Å². The van der Waals surface area contributed by atoms with Crippen molar-refractivity contribution in [3.63, 3.8) is 0 Å². The summed E-state index contributed by atoms with van der Waals surface area (Å²) in [7, 11) is 1.95. The number of hydrogen-bond acceptors (Lipinski definition) is 4. The van der Waals surface area contributed by atoms with Gasteiger partial charge in [0, 0.05) is 24.7 Å². The van der Waals surface area contributed by atoms with Gasteiger partial charge in [0.1, 0.15) is 5.58 Å². The van der Waals surface area contributed by atoms with Crippen LogP contribution in [0.5, 0.6) is 0 Å². The fraction of sp³-hybridized carbons (Fsp3) is 0.143. The van der Waals surface area contributed by atoms with Crippen molar-refractivity contribution >= 4 is 28.5 Å². The SMILES string of the molecule is CN(CCC#N)c1ccc(C=CC(=O)c2cc3ccccc3o2)cc1. The number of benzene rings is 2. The summed E-state index contributed by atoms with van der Waals surface area (Å²) in [6.07, 6.45) is 3.78. The van der Waals surface area contributed by atoms with Crippen LogP contribution >= 0.6 is 0 Å². The van der Waals surface area contributed by atoms with Crippen LogP contribution in [-0.4, -0.2) is 19.4 Å². The van der Waals surface area contributed by atoms with E-state index in [9.17, 15) is 4.79 Å². The number of nitriles is 1. The van der Waals surface area contributed by atoms with E-state index in [1.165, 1.54) is 6.08 Å². The van der Waals surface area contributed by atoms with Crippen molar-refractivity contribution in [3.05, 3.63) is 72.0 Å². The maximum atomic E-state index is 12.3. The predicted molar refractivity (Wildman–Crippen MR) is 99.5 cm³/mol. The average molecular weight is 330 g/mol. The molecule has 0 aliphatic carbocycles. The highest BCUT2D eigenvalue weighted by molar-refractivity contribution is 6.06. The Morgan fingerprint density at radius 1 is 1.20 bits per heavy atom. The highest BCUT2D eigenvalue weighted by Crippen LogP contribution is 2.20. The quantitative estimate of drug-likeness (QED) is 0.486. The minimum Gasteiger partial charge on any atom is -0.453 e. The van der Waals surface area contributed by atoms with Crippen LogP contribution in [0.25, 0.3) is 17.0 Å². The van der Waals surface area contributed by atoms with E-state index in [4.69, 9.17) is 9.68 Å². The second kappa shape index (κ2) is 7.50. The lowest BCUT2D eigenvalue weighted by Gasteiger charge is -2.17. The van der Waals surface area contributed by atoms with Crippen molar-refractivity contribution in [1.29, 1.82) is 5.26 Å². The van der Waals surface area contributed by atoms with Gasteiger partial charge in [-0.3, -0.25) is 4.79 Å². The van der Waals surface area contributed by atoms with Crippen molar-refractivity contribution in [1.82, 2.24) is 0 Å². The molecular weight excluding hydrogens is 312 g/mol. The fourth-order valence-corrected chi connectivity index (χ4v) is 2.54. The van der Waals surface area contributed by atoms with E-state index in [-0.39, 0.29) is 5.78 Å². The van der Waals surface area contributed by atoms with Gasteiger partial charge in [-0.2, -0.15) is 5.26 Å². The first-order valence-corrected chi connectivity index (χ1v) is 8.06. The third kappa shape index (κ3) is 3.96. The van der Waals surface area contributed by atoms with E-state index in [2.05, 4.69) is 6.07 Å². The topological polar surface area (TPSA) is 57.2 Å². The zero-order valence-corrected chi connectivity index (χ0v) is 14.0. The summed E-state index contributed by atoms with van der Waals surface area (Å²) in [5.74, 6) is 0.178. The monoisotopic (exact) mass is 330 g/mol. The maximum absolute atomic E-state index is 12.3. The molecule has 0 radical (unpaired) electrons. The van der Waals surface area contributed by atoms with Crippen LogP contribution < -0.4 is 4.90 Å². The molecule has 2 aromatic carbocycles. The molecule has 0 amide bonds. The van der Waals surface area contributed by atoms with E-state index in [0.717, 1.165) is 16.6 Å². The van der Waals surface area contributed by atoms with Crippen LogP contribution in [0.1, 0.15) is 22.5 Å². The number of rotatable bonds is 6. The molecule has 0 spiro atoms. The van der Waals surface area contributed by atoms with Crippen molar-refractivity contribution < 1.29 is 9.21 Å². The van der Waals surface area contributed by atoms with Gasteiger partial charge >= 0.3 is 0 Å². The molecule has 25 heavy (non-hydrogen) atoms. The zero-order valence-electron chi connectivity index (χ0n) is 14.0. The molecular formula is C21H18N2O2. The molecule has 124 valence electrons. The first-order chi connectivity index (χ1) is 12.2. The number of nitrogens with zero attached hydrogens (tertiary/aromatic N) is 2. The number of ketones is 1. The van der Waals surface area contributed by atoms with Crippen LogP contribution in [-0.2, 0) is 0 Å². The van der Waals surface area contributed by atoms with Gasteiger partial charge in [-0.25, -0.2) is 0 Å². The molecule has 0 atom stereocenters. The van der Waals surface area contributed by atoms with Gasteiger partial charge in [-0.1, -0.05) is 36.4 Å². The lowest BCUT2D eigenvalue weighted by molar-refractivity contribution is 0.102. The summed E-state index contributed by atoms with van der Waals surface area (Å²) in [6.45, 7) is 0.691. The van der Waals surface area contributed by atoms with Gasteiger partial charge in [-0.15, -0.1) is 0 Å². The second-order valence-corrected chi connectivity index (χ2v) is 5.77. The standard InChI is InChI=1S/C21H18N2O2/c1-23(14-4-13-22)18-10-7-16(8-11-18)9-12-19(24)21-15-17-5-2-3-6-20(17)25-21/h2-3,5-12,15H,4,14H2,1H3. The molecule has 0 N–H and O–H groups in total. The Morgan fingerprint density at radius 3 is 2.68 bits per heavy atom. The number of hydrogen-bond donors (Lipinski definition) is 0. The van der Waals surface area contributed by atoms with Crippen LogP contribution in [0, 0.1) is 11.3 Å². The first kappa shape index (κ1) is 16.5. The van der Waals surface area contributed by atoms with E-state index in [1.54, 1.807) is 12.1 Å². The molecule has 0 fully saturated rings. The van der Waals surface area contributed by atoms with Crippen molar-refractivity contribution in [2.45, 2.75) is 6.42 Å². The van der Waals surface area contributed by atoms with Crippen molar-refractivity contribution in [3.8, 4) is 6.07 Å². The third-order valence-electron chi connectivity index (χ3n) is 3.99. The molecule has 3 rings (SSSR count). The Kier molecular flexibility index (Phi) is 4.96. The number of para-hydroxylation sites is 1. The van der Waals surface area contributed by atoms with Crippen LogP contribution in [0.3, 0.4) is 0 Å². The number of carbonyl (C=O) groups excluding carboxylic acids is 1. The van der Waals surface area contributed by atoms with Crippen LogP contribution in [0.4, 0.5) is 5.69 Å². The molecule has 0 aliphatic heterocycles. The largest absolute Gasteiger partial charge is 0.453 e. The molecule has 1 aromatic heterocycles. The third-order valence-corrected chi connectivity index (χ3v) is 3.99. The van der Waals surface area contributed by atoms with E-state index in [1.807, 2.05) is 60.5 Å². The summed E-state index contributed by atoms with van der Waals surface area (Å²) in [5, 5.41) is 9.56. The van der Waals surface area contributed by atoms with Crippen molar-refractivity contribution in [2.75, 3.05) is 18.5 Å². The molecule has 3 aromatic rings. The van der Waals surface area contributed by atoms with Crippen molar-refractivity contribution in [2.24, 2.45) is 0 Å². The molecule has 0 saturated carbocycles. The van der Waals surface area contributed by atoms with Gasteiger partial charge in [0.2, 0.25) is 5.78 Å². The summed E-state index contributed by atoms with van der Waals surface area (Å²) >= 11 is 0. The molecule has 0 bridgehead atoms. The fourth-order valence-electron chi connectivity index (χ4n) is 2.54. The Morgan fingerprint density at radius 2 is 1.96 bits per heavy atom. The summed E-state index contributed by atoms with van der Waals surface area (Å²) in [5.41, 5.74) is 2.68. The number of carbonyl (C=O) groups is 1. The summed E-state index contributed by atoms with van der Waals surface area (Å²) in [4.78, 5) is 14.3. The van der Waals surface area contributed by atoms with Gasteiger partial charge in [0.25, 0.3) is 0 Å². The molecule has 4 heteroatoms. The summed E-state index contributed by atoms with van der Waals surface area (Å²) < 4.78 is 5.57. The van der Waals surface area contributed by atoms with Gasteiger partial charge < -0.3 is 9.32 Å². The smallest absolute Gasteiger partial charge is 0.221 e. The zero-order chi connectivity index (χ0) is 17.6.